The molecule has 0 aromatic heterocycles. The lowest BCUT2D eigenvalue weighted by Crippen LogP contribution is -2.11. The molecule has 1 aliphatic rings. The Kier molecular flexibility index (Phi) is 5.25. The van der Waals surface area contributed by atoms with E-state index in [2.05, 4.69) is 6.92 Å². The van der Waals surface area contributed by atoms with Gasteiger partial charge in [0.15, 0.2) is 18.1 Å². The lowest BCUT2D eigenvalue weighted by Gasteiger charge is -2.06. The van der Waals surface area contributed by atoms with Crippen LogP contribution < -0.4 is 9.47 Å². The van der Waals surface area contributed by atoms with E-state index in [1.165, 1.54) is 5.56 Å². The molecular formula is C25H20O4. The number of Topliss-reactive ketones (excluding diaryl/α,β-unsaturated/α-hetero) is 2. The molecule has 3 aromatic carbocycles. The van der Waals surface area contributed by atoms with Crippen LogP contribution in [-0.4, -0.2) is 18.2 Å². The van der Waals surface area contributed by atoms with E-state index < -0.39 is 0 Å². The number of allylic oxidation sites excluding steroid dienone is 1. The second-order valence-electron chi connectivity index (χ2n) is 6.77. The van der Waals surface area contributed by atoms with Crippen molar-refractivity contribution in [3.05, 3.63) is 101 Å². The highest BCUT2D eigenvalue weighted by Crippen LogP contribution is 2.35. The molecule has 0 amide bonds. The molecule has 4 nitrogen and oxygen atoms in total. The van der Waals surface area contributed by atoms with Crippen molar-refractivity contribution in [1.82, 2.24) is 0 Å². The van der Waals surface area contributed by atoms with Crippen LogP contribution in [0.4, 0.5) is 0 Å². The number of fused-ring (bicyclic) bond motifs is 1. The molecule has 0 unspecified atom stereocenters. The summed E-state index contributed by atoms with van der Waals surface area (Å²) in [4.78, 5) is 24.8. The van der Waals surface area contributed by atoms with E-state index in [4.69, 9.17) is 9.47 Å². The summed E-state index contributed by atoms with van der Waals surface area (Å²) in [6.45, 7) is 2.02. The van der Waals surface area contributed by atoms with Gasteiger partial charge in [-0.3, -0.25) is 9.59 Å². The number of rotatable bonds is 6. The molecule has 0 bridgehead atoms. The molecule has 29 heavy (non-hydrogen) atoms. The van der Waals surface area contributed by atoms with Crippen molar-refractivity contribution in [2.24, 2.45) is 0 Å². The standard InChI is InChI=1S/C25H20O4/c1-2-17-8-10-18(11-9-17)14-24-25(27)21-13-12-20(15-23(21)29-24)28-16-22(26)19-6-4-3-5-7-19/h3-15H,2,16H2,1H3/b24-14-. The Hall–Kier alpha value is -3.66. The van der Waals surface area contributed by atoms with Gasteiger partial charge in [-0.2, -0.15) is 0 Å². The molecule has 0 radical (unpaired) electrons. The van der Waals surface area contributed by atoms with Crippen LogP contribution >= 0.6 is 0 Å². The third-order valence-electron chi connectivity index (χ3n) is 4.79. The minimum absolute atomic E-state index is 0.0801. The molecule has 0 saturated carbocycles. The topological polar surface area (TPSA) is 52.6 Å². The summed E-state index contributed by atoms with van der Waals surface area (Å²) in [5, 5.41) is 0. The monoisotopic (exact) mass is 384 g/mol. The molecular weight excluding hydrogens is 364 g/mol. The predicted octanol–water partition coefficient (Wildman–Crippen LogP) is 5.13. The first kappa shape index (κ1) is 18.7. The van der Waals surface area contributed by atoms with E-state index >= 15 is 0 Å². The number of ketones is 2. The van der Waals surface area contributed by atoms with Gasteiger partial charge in [0, 0.05) is 11.6 Å². The summed E-state index contributed by atoms with van der Waals surface area (Å²) in [5.41, 5.74) is 3.23. The zero-order valence-electron chi connectivity index (χ0n) is 16.1. The van der Waals surface area contributed by atoms with Crippen molar-refractivity contribution in [3.8, 4) is 11.5 Å². The van der Waals surface area contributed by atoms with Gasteiger partial charge in [-0.1, -0.05) is 61.5 Å². The van der Waals surface area contributed by atoms with E-state index in [9.17, 15) is 9.59 Å². The Bertz CT molecular complexity index is 1080. The minimum atomic E-state index is -0.161. The van der Waals surface area contributed by atoms with Crippen LogP contribution in [0.1, 0.15) is 38.8 Å². The van der Waals surface area contributed by atoms with Gasteiger partial charge in [0.2, 0.25) is 5.78 Å². The van der Waals surface area contributed by atoms with Gasteiger partial charge in [0.25, 0.3) is 0 Å². The molecule has 4 rings (SSSR count). The Balaban J connectivity index is 1.46. The fourth-order valence-corrected chi connectivity index (χ4v) is 3.11. The molecule has 3 aromatic rings. The van der Waals surface area contributed by atoms with Gasteiger partial charge < -0.3 is 9.47 Å². The van der Waals surface area contributed by atoms with Gasteiger partial charge in [-0.15, -0.1) is 0 Å². The molecule has 0 fully saturated rings. The maximum Gasteiger partial charge on any atom is 0.231 e. The molecule has 0 aliphatic carbocycles. The fraction of sp³-hybridized carbons (Fsp3) is 0.120. The van der Waals surface area contributed by atoms with Crippen LogP contribution in [0.15, 0.2) is 78.6 Å². The van der Waals surface area contributed by atoms with E-state index in [1.807, 2.05) is 42.5 Å². The molecule has 0 saturated heterocycles. The Morgan fingerprint density at radius 3 is 2.48 bits per heavy atom. The fourth-order valence-electron chi connectivity index (χ4n) is 3.11. The van der Waals surface area contributed by atoms with Crippen LogP contribution in [0.2, 0.25) is 0 Å². The first-order chi connectivity index (χ1) is 14.1. The Labute approximate surface area is 169 Å². The average molecular weight is 384 g/mol. The molecule has 0 N–H and O–H groups in total. The zero-order chi connectivity index (χ0) is 20.2. The maximum absolute atomic E-state index is 12.6. The first-order valence-corrected chi connectivity index (χ1v) is 9.52. The van der Waals surface area contributed by atoms with Gasteiger partial charge in [-0.25, -0.2) is 0 Å². The van der Waals surface area contributed by atoms with Gasteiger partial charge >= 0.3 is 0 Å². The Morgan fingerprint density at radius 2 is 1.76 bits per heavy atom. The summed E-state index contributed by atoms with van der Waals surface area (Å²) >= 11 is 0. The highest BCUT2D eigenvalue weighted by atomic mass is 16.5. The zero-order valence-corrected chi connectivity index (χ0v) is 16.1. The number of carbonyl (C=O) groups excluding carboxylic acids is 2. The third-order valence-corrected chi connectivity index (χ3v) is 4.79. The van der Waals surface area contributed by atoms with E-state index in [1.54, 1.807) is 36.4 Å². The lowest BCUT2D eigenvalue weighted by atomic mass is 10.1. The summed E-state index contributed by atoms with van der Waals surface area (Å²) < 4.78 is 11.4. The van der Waals surface area contributed by atoms with Crippen LogP contribution in [0.3, 0.4) is 0 Å². The van der Waals surface area contributed by atoms with Crippen LogP contribution in [0.5, 0.6) is 11.5 Å². The number of aryl methyl sites for hydroxylation is 1. The number of benzene rings is 3. The van der Waals surface area contributed by atoms with E-state index in [-0.39, 0.29) is 23.9 Å². The van der Waals surface area contributed by atoms with Gasteiger partial charge in [-0.05, 0) is 35.8 Å². The van der Waals surface area contributed by atoms with Crippen LogP contribution in [-0.2, 0) is 6.42 Å². The predicted molar refractivity (Wildman–Crippen MR) is 111 cm³/mol. The molecule has 0 spiro atoms. The first-order valence-electron chi connectivity index (χ1n) is 9.52. The third kappa shape index (κ3) is 4.11. The van der Waals surface area contributed by atoms with Crippen molar-refractivity contribution in [1.29, 1.82) is 0 Å². The molecule has 0 atom stereocenters. The van der Waals surface area contributed by atoms with Crippen molar-refractivity contribution in [2.75, 3.05) is 6.61 Å². The average Bonchev–Trinajstić information content (AvgIpc) is 3.07. The van der Waals surface area contributed by atoms with Crippen molar-refractivity contribution in [2.45, 2.75) is 13.3 Å². The van der Waals surface area contributed by atoms with E-state index in [0.29, 0.717) is 22.6 Å². The number of hydrogen-bond donors (Lipinski definition) is 0. The number of carbonyl (C=O) groups is 2. The second kappa shape index (κ2) is 8.15. The summed E-state index contributed by atoms with van der Waals surface area (Å²) in [6.07, 6.45) is 2.70. The van der Waals surface area contributed by atoms with Gasteiger partial charge in [0.05, 0.1) is 5.56 Å². The SMILES string of the molecule is CCc1ccc(/C=C2\Oc3cc(OCC(=O)c4ccccc4)ccc3C2=O)cc1. The molecule has 1 heterocycles. The largest absolute Gasteiger partial charge is 0.485 e. The van der Waals surface area contributed by atoms with Crippen molar-refractivity contribution in [3.63, 3.8) is 0 Å². The van der Waals surface area contributed by atoms with Crippen molar-refractivity contribution < 1.29 is 19.1 Å². The normalized spacial score (nSPS) is 13.8. The smallest absolute Gasteiger partial charge is 0.231 e. The molecule has 4 heteroatoms. The lowest BCUT2D eigenvalue weighted by molar-refractivity contribution is 0.0921. The van der Waals surface area contributed by atoms with Crippen LogP contribution in [0, 0.1) is 0 Å². The molecule has 1 aliphatic heterocycles. The number of hydrogen-bond acceptors (Lipinski definition) is 4. The Morgan fingerprint density at radius 1 is 1.00 bits per heavy atom. The highest BCUT2D eigenvalue weighted by Gasteiger charge is 2.27. The van der Waals surface area contributed by atoms with Gasteiger partial charge in [0.1, 0.15) is 11.5 Å². The summed E-state index contributed by atoms with van der Waals surface area (Å²) in [6, 6.07) is 22.0. The second-order valence-corrected chi connectivity index (χ2v) is 6.77. The summed E-state index contributed by atoms with van der Waals surface area (Å²) in [5.74, 6) is 0.929. The minimum Gasteiger partial charge on any atom is -0.485 e. The summed E-state index contributed by atoms with van der Waals surface area (Å²) in [7, 11) is 0. The molecule has 144 valence electrons. The van der Waals surface area contributed by atoms with Crippen molar-refractivity contribution >= 4 is 17.6 Å². The van der Waals surface area contributed by atoms with Crippen LogP contribution in [0.25, 0.3) is 6.08 Å². The quantitative estimate of drug-likeness (QED) is 0.437. The maximum atomic E-state index is 12.6. The number of ether oxygens (including phenoxy) is 2. The highest BCUT2D eigenvalue weighted by molar-refractivity contribution is 6.14. The van der Waals surface area contributed by atoms with E-state index in [0.717, 1.165) is 12.0 Å².